The van der Waals surface area contributed by atoms with E-state index >= 15 is 0 Å². The van der Waals surface area contributed by atoms with Gasteiger partial charge in [-0.25, -0.2) is 4.98 Å². The number of rotatable bonds is 3. The van der Waals surface area contributed by atoms with Crippen LogP contribution in [-0.4, -0.2) is 9.97 Å². The van der Waals surface area contributed by atoms with Crippen LogP contribution in [-0.2, 0) is 12.4 Å². The van der Waals surface area contributed by atoms with Crippen molar-refractivity contribution in [2.75, 3.05) is 0 Å². The summed E-state index contributed by atoms with van der Waals surface area (Å²) in [5.74, 6) is 0.0508. The van der Waals surface area contributed by atoms with Crippen LogP contribution < -0.4 is 4.74 Å². The van der Waals surface area contributed by atoms with E-state index in [0.29, 0.717) is 16.8 Å². The van der Waals surface area contributed by atoms with Crippen LogP contribution in [0.2, 0.25) is 0 Å². The zero-order valence-corrected chi connectivity index (χ0v) is 15.2. The molecule has 3 aromatic rings. The number of hydrogen-bond acceptors (Lipinski definition) is 3. The molecule has 0 amide bonds. The zero-order chi connectivity index (χ0) is 21.4. The molecular weight excluding hydrogens is 398 g/mol. The van der Waals surface area contributed by atoms with Gasteiger partial charge < -0.3 is 4.74 Å². The van der Waals surface area contributed by atoms with Gasteiger partial charge in [-0.2, -0.15) is 31.3 Å². The van der Waals surface area contributed by atoms with Gasteiger partial charge in [-0.05, 0) is 44.2 Å². The zero-order valence-electron chi connectivity index (χ0n) is 15.2. The van der Waals surface area contributed by atoms with Crippen molar-refractivity contribution < 1.29 is 31.1 Å². The van der Waals surface area contributed by atoms with Crippen molar-refractivity contribution in [2.24, 2.45) is 0 Å². The Morgan fingerprint density at radius 2 is 1.38 bits per heavy atom. The second-order valence-electron chi connectivity index (χ2n) is 6.27. The Bertz CT molecular complexity index is 1030. The number of aryl methyl sites for hydroxylation is 1. The number of hydrogen-bond donors (Lipinski definition) is 0. The molecule has 0 aliphatic carbocycles. The first-order valence-electron chi connectivity index (χ1n) is 8.33. The molecule has 1 heterocycles. The minimum Gasteiger partial charge on any atom is -0.439 e. The number of nitrogens with zero attached hydrogens (tertiary/aromatic N) is 2. The number of halogens is 6. The van der Waals surface area contributed by atoms with E-state index in [4.69, 9.17) is 4.74 Å². The first kappa shape index (κ1) is 20.6. The molecule has 0 N–H and O–H groups in total. The topological polar surface area (TPSA) is 35.0 Å². The Hall–Kier alpha value is -3.10. The summed E-state index contributed by atoms with van der Waals surface area (Å²) in [6, 6.07) is 8.57. The Morgan fingerprint density at radius 3 is 1.97 bits per heavy atom. The van der Waals surface area contributed by atoms with E-state index in [0.717, 1.165) is 24.3 Å². The van der Waals surface area contributed by atoms with Gasteiger partial charge in [0.25, 0.3) is 0 Å². The standard InChI is InChI=1S/C20H14F6N2O/c1-11-12(2)27-17(13-6-8-14(9-7-13)19(21,22)23)28-18(11)29-16-5-3-4-15(10-16)20(24,25)26/h3-10H,1-2H3. The van der Waals surface area contributed by atoms with Gasteiger partial charge in [0.2, 0.25) is 5.88 Å². The molecular formula is C20H14F6N2O. The van der Waals surface area contributed by atoms with Crippen molar-refractivity contribution in [2.45, 2.75) is 26.2 Å². The van der Waals surface area contributed by atoms with Crippen LogP contribution in [0, 0.1) is 13.8 Å². The molecule has 0 unspecified atom stereocenters. The van der Waals surface area contributed by atoms with Crippen molar-refractivity contribution in [1.82, 2.24) is 9.97 Å². The van der Waals surface area contributed by atoms with Crippen LogP contribution in [0.1, 0.15) is 22.4 Å². The Labute approximate surface area is 162 Å². The summed E-state index contributed by atoms with van der Waals surface area (Å²) in [6.07, 6.45) is -9.00. The molecule has 0 saturated carbocycles. The quantitative estimate of drug-likeness (QED) is 0.455. The van der Waals surface area contributed by atoms with E-state index in [1.165, 1.54) is 24.3 Å². The van der Waals surface area contributed by atoms with Crippen molar-refractivity contribution >= 4 is 0 Å². The summed E-state index contributed by atoms with van der Waals surface area (Å²) in [6.45, 7) is 3.28. The molecule has 1 aromatic heterocycles. The number of aromatic nitrogens is 2. The highest BCUT2D eigenvalue weighted by Gasteiger charge is 2.31. The summed E-state index contributed by atoms with van der Waals surface area (Å²) < 4.78 is 82.4. The molecule has 0 radical (unpaired) electrons. The van der Waals surface area contributed by atoms with Crippen molar-refractivity contribution in [1.29, 1.82) is 0 Å². The second kappa shape index (κ2) is 7.38. The van der Waals surface area contributed by atoms with E-state index in [-0.39, 0.29) is 17.5 Å². The maximum Gasteiger partial charge on any atom is 0.416 e. The predicted molar refractivity (Wildman–Crippen MR) is 93.5 cm³/mol. The Morgan fingerprint density at radius 1 is 0.759 bits per heavy atom. The maximum absolute atomic E-state index is 12.9. The van der Waals surface area contributed by atoms with Gasteiger partial charge in [0, 0.05) is 16.8 Å². The first-order valence-corrected chi connectivity index (χ1v) is 8.33. The van der Waals surface area contributed by atoms with E-state index in [2.05, 4.69) is 9.97 Å². The summed E-state index contributed by atoms with van der Waals surface area (Å²) in [5, 5.41) is 0. The molecule has 152 valence electrons. The lowest BCUT2D eigenvalue weighted by molar-refractivity contribution is -0.138. The molecule has 29 heavy (non-hydrogen) atoms. The lowest BCUT2D eigenvalue weighted by Crippen LogP contribution is -2.05. The smallest absolute Gasteiger partial charge is 0.416 e. The third kappa shape index (κ3) is 4.67. The fraction of sp³-hybridized carbons (Fsp3) is 0.200. The lowest BCUT2D eigenvalue weighted by atomic mass is 10.1. The molecule has 0 spiro atoms. The van der Waals surface area contributed by atoms with Crippen LogP contribution in [0.15, 0.2) is 48.5 Å². The molecule has 9 heteroatoms. The van der Waals surface area contributed by atoms with Crippen molar-refractivity contribution in [3.63, 3.8) is 0 Å². The minimum absolute atomic E-state index is 0.0201. The van der Waals surface area contributed by atoms with Crippen LogP contribution >= 0.6 is 0 Å². The molecule has 0 saturated heterocycles. The molecule has 0 aliphatic rings. The Kier molecular flexibility index (Phi) is 5.25. The molecule has 0 atom stereocenters. The van der Waals surface area contributed by atoms with E-state index in [9.17, 15) is 26.3 Å². The predicted octanol–water partition coefficient (Wildman–Crippen LogP) is 6.59. The van der Waals surface area contributed by atoms with Crippen LogP contribution in [0.25, 0.3) is 11.4 Å². The monoisotopic (exact) mass is 412 g/mol. The van der Waals surface area contributed by atoms with Gasteiger partial charge in [-0.1, -0.05) is 18.2 Å². The fourth-order valence-corrected chi connectivity index (χ4v) is 2.49. The van der Waals surface area contributed by atoms with Crippen LogP contribution in [0.3, 0.4) is 0 Å². The number of ether oxygens (including phenoxy) is 1. The van der Waals surface area contributed by atoms with Gasteiger partial charge in [0.1, 0.15) is 5.75 Å². The van der Waals surface area contributed by atoms with Gasteiger partial charge in [0.05, 0.1) is 11.1 Å². The number of alkyl halides is 6. The highest BCUT2D eigenvalue weighted by Crippen LogP contribution is 2.34. The highest BCUT2D eigenvalue weighted by molar-refractivity contribution is 5.57. The fourth-order valence-electron chi connectivity index (χ4n) is 2.49. The lowest BCUT2D eigenvalue weighted by Gasteiger charge is -2.13. The summed E-state index contributed by atoms with van der Waals surface area (Å²) in [5.41, 5.74) is -0.392. The minimum atomic E-state index is -4.53. The second-order valence-corrected chi connectivity index (χ2v) is 6.27. The summed E-state index contributed by atoms with van der Waals surface area (Å²) in [7, 11) is 0. The molecule has 2 aromatic carbocycles. The highest BCUT2D eigenvalue weighted by atomic mass is 19.4. The molecule has 0 fully saturated rings. The van der Waals surface area contributed by atoms with E-state index in [1.807, 2.05) is 0 Å². The van der Waals surface area contributed by atoms with E-state index < -0.39 is 23.5 Å². The normalized spacial score (nSPS) is 12.1. The van der Waals surface area contributed by atoms with Crippen molar-refractivity contribution in [3.05, 3.63) is 70.9 Å². The van der Waals surface area contributed by atoms with Crippen LogP contribution in [0.5, 0.6) is 11.6 Å². The Balaban J connectivity index is 1.96. The van der Waals surface area contributed by atoms with Gasteiger partial charge >= 0.3 is 12.4 Å². The SMILES string of the molecule is Cc1nc(-c2ccc(C(F)(F)F)cc2)nc(Oc2cccc(C(F)(F)F)c2)c1C. The molecule has 0 bridgehead atoms. The third-order valence-electron chi connectivity index (χ3n) is 4.19. The largest absolute Gasteiger partial charge is 0.439 e. The average Bonchev–Trinajstić information content (AvgIpc) is 2.64. The molecule has 3 rings (SSSR count). The number of benzene rings is 2. The summed E-state index contributed by atoms with van der Waals surface area (Å²) in [4.78, 5) is 8.43. The first-order chi connectivity index (χ1) is 13.4. The van der Waals surface area contributed by atoms with Gasteiger partial charge in [-0.3, -0.25) is 0 Å². The average molecular weight is 412 g/mol. The third-order valence-corrected chi connectivity index (χ3v) is 4.19. The van der Waals surface area contributed by atoms with Gasteiger partial charge in [-0.15, -0.1) is 0 Å². The van der Waals surface area contributed by atoms with Gasteiger partial charge in [0.15, 0.2) is 5.82 Å². The van der Waals surface area contributed by atoms with Crippen LogP contribution in [0.4, 0.5) is 26.3 Å². The maximum atomic E-state index is 12.9. The van der Waals surface area contributed by atoms with E-state index in [1.54, 1.807) is 13.8 Å². The van der Waals surface area contributed by atoms with Crippen molar-refractivity contribution in [3.8, 4) is 23.0 Å². The molecule has 0 aliphatic heterocycles. The molecule has 3 nitrogen and oxygen atoms in total. The summed E-state index contributed by atoms with van der Waals surface area (Å²) >= 11 is 0.